The number of para-hydroxylation sites is 1. The van der Waals surface area contributed by atoms with Crippen LogP contribution in [0, 0.1) is 10.1 Å². The highest BCUT2D eigenvalue weighted by Gasteiger charge is 2.34. The lowest BCUT2D eigenvalue weighted by molar-refractivity contribution is -0.387. The third-order valence-corrected chi connectivity index (χ3v) is 5.60. The fraction of sp³-hybridized carbons (Fsp3) is 0.273. The number of hydrogen-bond acceptors (Lipinski definition) is 5. The van der Waals surface area contributed by atoms with Crippen molar-refractivity contribution in [3.8, 4) is 0 Å². The first-order chi connectivity index (χ1) is 9.34. The Labute approximate surface area is 123 Å². The van der Waals surface area contributed by atoms with Gasteiger partial charge in [-0.1, -0.05) is 34.1 Å². The van der Waals surface area contributed by atoms with Crippen molar-refractivity contribution in [2.75, 3.05) is 13.1 Å². The molecular weight excluding hydrogens is 352 g/mol. The van der Waals surface area contributed by atoms with Crippen LogP contribution >= 0.6 is 15.9 Å². The minimum absolute atomic E-state index is 0.0476. The van der Waals surface area contributed by atoms with Crippen LogP contribution in [0.4, 0.5) is 5.69 Å². The minimum atomic E-state index is -4.03. The van der Waals surface area contributed by atoms with Crippen LogP contribution in [-0.2, 0) is 10.0 Å². The fourth-order valence-electron chi connectivity index (χ4n) is 1.84. The molecule has 0 unspecified atom stereocenters. The molecule has 7 nitrogen and oxygen atoms in total. The van der Waals surface area contributed by atoms with Gasteiger partial charge in [0.05, 0.1) is 11.0 Å². The van der Waals surface area contributed by atoms with Gasteiger partial charge < -0.3 is 5.11 Å². The van der Waals surface area contributed by atoms with Crippen LogP contribution in [-0.4, -0.2) is 41.9 Å². The van der Waals surface area contributed by atoms with E-state index in [4.69, 9.17) is 0 Å². The van der Waals surface area contributed by atoms with Crippen molar-refractivity contribution in [3.05, 3.63) is 44.9 Å². The molecule has 0 saturated carbocycles. The predicted octanol–water partition coefficient (Wildman–Crippen LogP) is 1.24. The van der Waals surface area contributed by atoms with Crippen LogP contribution in [0.3, 0.4) is 0 Å². The zero-order chi connectivity index (χ0) is 14.9. The number of hydrogen-bond donors (Lipinski definition) is 1. The molecule has 108 valence electrons. The summed E-state index contributed by atoms with van der Waals surface area (Å²) in [6.07, 6.45) is 0.543. The number of aliphatic hydroxyl groups is 1. The van der Waals surface area contributed by atoms with Gasteiger partial charge in [-0.25, -0.2) is 8.42 Å². The molecule has 1 N–H and O–H groups in total. The van der Waals surface area contributed by atoms with E-state index in [1.807, 2.05) is 0 Å². The summed E-state index contributed by atoms with van der Waals surface area (Å²) in [6, 6.07) is 5.15. The summed E-state index contributed by atoms with van der Waals surface area (Å²) in [7, 11) is -4.03. The van der Waals surface area contributed by atoms with Crippen LogP contribution in [0.15, 0.2) is 39.7 Å². The molecule has 1 aliphatic heterocycles. The van der Waals surface area contributed by atoms with Crippen molar-refractivity contribution in [1.29, 1.82) is 0 Å². The van der Waals surface area contributed by atoms with Gasteiger partial charge in [0, 0.05) is 23.6 Å². The third-order valence-electron chi connectivity index (χ3n) is 2.86. The molecule has 20 heavy (non-hydrogen) atoms. The molecule has 0 bridgehead atoms. The maximum Gasteiger partial charge on any atom is 0.289 e. The van der Waals surface area contributed by atoms with E-state index < -0.39 is 26.7 Å². The SMILES string of the molecule is O=[N+]([O-])c1ccccc1S(=O)(=O)N1CC=C(Br)[C@@H](O)C1. The average molecular weight is 363 g/mol. The molecule has 9 heteroatoms. The van der Waals surface area contributed by atoms with Gasteiger partial charge in [0.15, 0.2) is 4.90 Å². The van der Waals surface area contributed by atoms with Gasteiger partial charge in [0.25, 0.3) is 5.69 Å². The van der Waals surface area contributed by atoms with Gasteiger partial charge in [-0.3, -0.25) is 10.1 Å². The zero-order valence-corrected chi connectivity index (χ0v) is 12.5. The molecule has 0 aliphatic carbocycles. The van der Waals surface area contributed by atoms with E-state index in [-0.39, 0.29) is 18.0 Å². The van der Waals surface area contributed by atoms with Gasteiger partial charge in [0.1, 0.15) is 0 Å². The van der Waals surface area contributed by atoms with Crippen LogP contribution in [0.5, 0.6) is 0 Å². The number of aliphatic hydroxyl groups excluding tert-OH is 1. The van der Waals surface area contributed by atoms with E-state index in [0.717, 1.165) is 10.4 Å². The summed E-state index contributed by atoms with van der Waals surface area (Å²) < 4.78 is 26.4. The number of halogens is 1. The molecule has 1 aliphatic rings. The number of β-amino-alcohol motifs (C(OH)–C–C–N with tert-alkyl or cyclic N) is 1. The molecular formula is C11H11BrN2O5S. The Balaban J connectivity index is 2.45. The normalized spacial score (nSPS) is 20.5. The summed E-state index contributed by atoms with van der Waals surface area (Å²) in [5.41, 5.74) is -0.476. The van der Waals surface area contributed by atoms with Crippen molar-refractivity contribution in [2.24, 2.45) is 0 Å². The lowest BCUT2D eigenvalue weighted by atomic mass is 10.2. The molecule has 0 amide bonds. The number of nitro benzene ring substituents is 1. The smallest absolute Gasteiger partial charge is 0.289 e. The zero-order valence-electron chi connectivity index (χ0n) is 10.1. The van der Waals surface area contributed by atoms with Gasteiger partial charge in [-0.15, -0.1) is 0 Å². The number of nitro groups is 1. The minimum Gasteiger partial charge on any atom is -0.386 e. The Morgan fingerprint density at radius 1 is 1.40 bits per heavy atom. The van der Waals surface area contributed by atoms with E-state index in [2.05, 4.69) is 15.9 Å². The van der Waals surface area contributed by atoms with Crippen molar-refractivity contribution in [3.63, 3.8) is 0 Å². The summed E-state index contributed by atoms with van der Waals surface area (Å²) in [6.45, 7) is -0.0997. The quantitative estimate of drug-likeness (QED) is 0.643. The molecule has 1 aromatic rings. The topological polar surface area (TPSA) is 101 Å². The highest BCUT2D eigenvalue weighted by molar-refractivity contribution is 9.11. The monoisotopic (exact) mass is 362 g/mol. The Bertz CT molecular complexity index is 673. The van der Waals surface area contributed by atoms with Crippen molar-refractivity contribution >= 4 is 31.6 Å². The largest absolute Gasteiger partial charge is 0.386 e. The van der Waals surface area contributed by atoms with E-state index in [1.165, 1.54) is 24.3 Å². The Morgan fingerprint density at radius 2 is 2.05 bits per heavy atom. The summed E-state index contributed by atoms with van der Waals surface area (Å²) in [4.78, 5) is 9.81. The summed E-state index contributed by atoms with van der Waals surface area (Å²) in [5, 5.41) is 20.6. The Hall–Kier alpha value is -1.29. The van der Waals surface area contributed by atoms with E-state index >= 15 is 0 Å². The van der Waals surface area contributed by atoms with E-state index in [1.54, 1.807) is 0 Å². The van der Waals surface area contributed by atoms with E-state index in [0.29, 0.717) is 4.48 Å². The highest BCUT2D eigenvalue weighted by atomic mass is 79.9. The lowest BCUT2D eigenvalue weighted by Crippen LogP contribution is -2.41. The van der Waals surface area contributed by atoms with Crippen LogP contribution in [0.25, 0.3) is 0 Å². The first-order valence-corrected chi connectivity index (χ1v) is 7.84. The second-order valence-electron chi connectivity index (χ2n) is 4.15. The maximum atomic E-state index is 12.4. The molecule has 0 fully saturated rings. The highest BCUT2D eigenvalue weighted by Crippen LogP contribution is 2.28. The van der Waals surface area contributed by atoms with Crippen molar-refractivity contribution in [1.82, 2.24) is 4.31 Å². The van der Waals surface area contributed by atoms with Gasteiger partial charge in [-0.05, 0) is 6.07 Å². The lowest BCUT2D eigenvalue weighted by Gasteiger charge is -2.27. The molecule has 0 spiro atoms. The Morgan fingerprint density at radius 3 is 2.65 bits per heavy atom. The van der Waals surface area contributed by atoms with Gasteiger partial charge >= 0.3 is 0 Å². The molecule has 1 atom stereocenters. The van der Waals surface area contributed by atoms with Gasteiger partial charge in [0.2, 0.25) is 10.0 Å². The van der Waals surface area contributed by atoms with Crippen LogP contribution in [0.2, 0.25) is 0 Å². The van der Waals surface area contributed by atoms with Crippen molar-refractivity contribution in [2.45, 2.75) is 11.0 Å². The summed E-state index contributed by atoms with van der Waals surface area (Å²) >= 11 is 3.12. The summed E-state index contributed by atoms with van der Waals surface area (Å²) in [5.74, 6) is 0. The molecule has 0 saturated heterocycles. The van der Waals surface area contributed by atoms with Crippen molar-refractivity contribution < 1.29 is 18.4 Å². The standard InChI is InChI=1S/C11H11BrN2O5S/c12-8-5-6-13(7-10(8)15)20(18,19)11-4-2-1-3-9(11)14(16)17/h1-5,10,15H,6-7H2/t10-/m0/s1. The number of nitrogens with zero attached hydrogens (tertiary/aromatic N) is 2. The molecule has 2 rings (SSSR count). The molecule has 0 radical (unpaired) electrons. The van der Waals surface area contributed by atoms with Crippen LogP contribution in [0.1, 0.15) is 0 Å². The fourth-order valence-corrected chi connectivity index (χ4v) is 3.67. The second kappa shape index (κ2) is 5.60. The van der Waals surface area contributed by atoms with E-state index in [9.17, 15) is 23.6 Å². The molecule has 0 aromatic heterocycles. The first kappa shape index (κ1) is 15.1. The number of rotatable bonds is 3. The predicted molar refractivity (Wildman–Crippen MR) is 74.9 cm³/mol. The van der Waals surface area contributed by atoms with Crippen LogP contribution < -0.4 is 0 Å². The van der Waals surface area contributed by atoms with Gasteiger partial charge in [-0.2, -0.15) is 4.31 Å². The average Bonchev–Trinajstić information content (AvgIpc) is 2.41. The number of benzene rings is 1. The third kappa shape index (κ3) is 2.75. The molecule has 1 aromatic carbocycles. The molecule has 1 heterocycles. The second-order valence-corrected chi connectivity index (χ2v) is 6.97. The Kier molecular flexibility index (Phi) is 4.23. The first-order valence-electron chi connectivity index (χ1n) is 5.61. The maximum absolute atomic E-state index is 12.4. The number of sulfonamides is 1.